The number of rotatable bonds is 4. The molecule has 9 heteroatoms. The zero-order chi connectivity index (χ0) is 24.7. The molecule has 2 heterocycles. The van der Waals surface area contributed by atoms with Crippen LogP contribution in [0.15, 0.2) is 77.7 Å². The highest BCUT2D eigenvalue weighted by Gasteiger charge is 2.38. The smallest absolute Gasteiger partial charge is 0.348 e. The number of benzene rings is 3. The minimum atomic E-state index is -3.74. The Bertz CT molecular complexity index is 1410. The number of esters is 1. The van der Waals surface area contributed by atoms with Crippen LogP contribution in [0.2, 0.25) is 0 Å². The van der Waals surface area contributed by atoms with Crippen molar-refractivity contribution in [2.75, 3.05) is 22.9 Å². The fourth-order valence-corrected chi connectivity index (χ4v) is 6.36. The molecule has 0 unspecified atom stereocenters. The predicted octanol–water partition coefficient (Wildman–Crippen LogP) is 3.41. The van der Waals surface area contributed by atoms with Gasteiger partial charge in [-0.15, -0.1) is 0 Å². The van der Waals surface area contributed by atoms with Crippen molar-refractivity contribution >= 4 is 33.3 Å². The molecule has 0 N–H and O–H groups in total. The minimum Gasteiger partial charge on any atom is -0.475 e. The van der Waals surface area contributed by atoms with E-state index in [-0.39, 0.29) is 23.4 Å². The number of carbonyl (C=O) groups is 2. The van der Waals surface area contributed by atoms with Crippen molar-refractivity contribution in [3.05, 3.63) is 83.9 Å². The van der Waals surface area contributed by atoms with Crippen molar-refractivity contribution < 1.29 is 27.5 Å². The highest BCUT2D eigenvalue weighted by Crippen LogP contribution is 2.39. The number of fused-ring (bicyclic) bond motifs is 2. The van der Waals surface area contributed by atoms with E-state index in [4.69, 9.17) is 9.47 Å². The van der Waals surface area contributed by atoms with Crippen molar-refractivity contribution in [2.45, 2.75) is 30.4 Å². The summed E-state index contributed by atoms with van der Waals surface area (Å²) >= 11 is 0. The molecule has 0 radical (unpaired) electrons. The maximum absolute atomic E-state index is 13.6. The van der Waals surface area contributed by atoms with Crippen LogP contribution in [0.25, 0.3) is 0 Å². The first kappa shape index (κ1) is 22.9. The Morgan fingerprint density at radius 3 is 2.43 bits per heavy atom. The molecular formula is C26H24N2O6S. The topological polar surface area (TPSA) is 93.2 Å². The van der Waals surface area contributed by atoms with Gasteiger partial charge in [-0.3, -0.25) is 9.10 Å². The second-order valence-electron chi connectivity index (χ2n) is 8.52. The molecule has 1 amide bonds. The molecule has 5 rings (SSSR count). The standard InChI is InChI=1S/C26H24N2O6S/c1-17-14-19-15-18(12-13-21(19)28(17)35(31,32)20-8-4-3-5-9-20)25(29)27-16-24(26(30)33-2)34-23-11-7-6-10-22(23)27/h3-13,15,17,24H,14,16H2,1-2H3/t17-,24-/m0/s1. The second-order valence-corrected chi connectivity index (χ2v) is 10.3. The van der Waals surface area contributed by atoms with Crippen molar-refractivity contribution in [1.82, 2.24) is 0 Å². The molecule has 35 heavy (non-hydrogen) atoms. The Kier molecular flexibility index (Phi) is 5.72. The fraction of sp³-hybridized carbons (Fsp3) is 0.231. The Morgan fingerprint density at radius 1 is 0.971 bits per heavy atom. The highest BCUT2D eigenvalue weighted by molar-refractivity contribution is 7.92. The van der Waals surface area contributed by atoms with Crippen molar-refractivity contribution in [1.29, 1.82) is 0 Å². The summed E-state index contributed by atoms with van der Waals surface area (Å²) in [5.74, 6) is -0.464. The van der Waals surface area contributed by atoms with Crippen LogP contribution in [0.3, 0.4) is 0 Å². The number of carbonyl (C=O) groups excluding carboxylic acids is 2. The summed E-state index contributed by atoms with van der Waals surface area (Å²) in [6, 6.07) is 20.0. The van der Waals surface area contributed by atoms with Gasteiger partial charge in [-0.2, -0.15) is 0 Å². The van der Waals surface area contributed by atoms with Gasteiger partial charge in [0, 0.05) is 11.6 Å². The normalized spacial score (nSPS) is 18.9. The van der Waals surface area contributed by atoms with Crippen molar-refractivity contribution in [3.63, 3.8) is 0 Å². The lowest BCUT2D eigenvalue weighted by atomic mass is 10.0. The number of amides is 1. The van der Waals surface area contributed by atoms with E-state index in [0.717, 1.165) is 5.56 Å². The molecule has 0 saturated carbocycles. The van der Waals surface area contributed by atoms with E-state index in [2.05, 4.69) is 0 Å². The summed E-state index contributed by atoms with van der Waals surface area (Å²) in [6.07, 6.45) is -0.465. The number of methoxy groups -OCH3 is 1. The van der Waals surface area contributed by atoms with Crippen LogP contribution in [-0.4, -0.2) is 46.1 Å². The number of nitrogens with zero attached hydrogens (tertiary/aromatic N) is 2. The zero-order valence-corrected chi connectivity index (χ0v) is 20.1. The van der Waals surface area contributed by atoms with Gasteiger partial charge >= 0.3 is 5.97 Å². The van der Waals surface area contributed by atoms with Gasteiger partial charge in [-0.25, -0.2) is 13.2 Å². The molecule has 2 aliphatic heterocycles. The van der Waals surface area contributed by atoms with Crippen LogP contribution in [0.4, 0.5) is 11.4 Å². The van der Waals surface area contributed by atoms with Gasteiger partial charge in [-0.1, -0.05) is 30.3 Å². The van der Waals surface area contributed by atoms with Crippen LogP contribution in [0.5, 0.6) is 5.75 Å². The first-order valence-electron chi connectivity index (χ1n) is 11.2. The van der Waals surface area contributed by atoms with Gasteiger partial charge in [0.25, 0.3) is 15.9 Å². The monoisotopic (exact) mass is 492 g/mol. The molecule has 0 bridgehead atoms. The van der Waals surface area contributed by atoms with Crippen molar-refractivity contribution in [3.8, 4) is 5.75 Å². The Labute approximate surface area is 203 Å². The minimum absolute atomic E-state index is 0.00448. The summed E-state index contributed by atoms with van der Waals surface area (Å²) in [4.78, 5) is 27.5. The summed E-state index contributed by atoms with van der Waals surface area (Å²) in [7, 11) is -2.47. The number of sulfonamides is 1. The Balaban J connectivity index is 1.49. The van der Waals surface area contributed by atoms with Gasteiger partial charge < -0.3 is 14.4 Å². The van der Waals surface area contributed by atoms with E-state index >= 15 is 0 Å². The second kappa shape index (κ2) is 8.74. The summed E-state index contributed by atoms with van der Waals surface area (Å²) < 4.78 is 38.7. The fourth-order valence-electron chi connectivity index (χ4n) is 4.64. The largest absolute Gasteiger partial charge is 0.475 e. The maximum Gasteiger partial charge on any atom is 0.348 e. The van der Waals surface area contributed by atoms with Gasteiger partial charge in [0.05, 0.1) is 29.9 Å². The summed E-state index contributed by atoms with van der Waals surface area (Å²) in [5, 5.41) is 0. The zero-order valence-electron chi connectivity index (χ0n) is 19.2. The van der Waals surface area contributed by atoms with Gasteiger partial charge in [0.15, 0.2) is 0 Å². The molecule has 0 aliphatic carbocycles. The van der Waals surface area contributed by atoms with Crippen LogP contribution >= 0.6 is 0 Å². The van der Waals surface area contributed by atoms with Crippen molar-refractivity contribution in [2.24, 2.45) is 0 Å². The molecule has 2 aliphatic rings. The lowest BCUT2D eigenvalue weighted by Gasteiger charge is -2.33. The third kappa shape index (κ3) is 3.91. The molecular weight excluding hydrogens is 468 g/mol. The number of ether oxygens (including phenoxy) is 2. The van der Waals surface area contributed by atoms with E-state index in [1.165, 1.54) is 16.3 Å². The first-order chi connectivity index (χ1) is 16.8. The lowest BCUT2D eigenvalue weighted by Crippen LogP contribution is -2.47. The molecule has 0 spiro atoms. The maximum atomic E-state index is 13.6. The molecule has 0 saturated heterocycles. The molecule has 2 atom stereocenters. The van der Waals surface area contributed by atoms with E-state index in [9.17, 15) is 18.0 Å². The van der Waals surface area contributed by atoms with Crippen LogP contribution < -0.4 is 13.9 Å². The molecule has 0 aromatic heterocycles. The first-order valence-corrected chi connectivity index (χ1v) is 12.6. The van der Waals surface area contributed by atoms with Gasteiger partial charge in [-0.05, 0) is 61.4 Å². The third-order valence-electron chi connectivity index (χ3n) is 6.26. The summed E-state index contributed by atoms with van der Waals surface area (Å²) in [6.45, 7) is 1.85. The molecule has 3 aromatic carbocycles. The Hall–Kier alpha value is -3.85. The van der Waals surface area contributed by atoms with Gasteiger partial charge in [0.1, 0.15) is 5.75 Å². The molecule has 180 valence electrons. The van der Waals surface area contributed by atoms with E-state index in [1.807, 2.05) is 6.92 Å². The lowest BCUT2D eigenvalue weighted by molar-refractivity contribution is -0.148. The Morgan fingerprint density at radius 2 is 1.69 bits per heavy atom. The third-order valence-corrected chi connectivity index (χ3v) is 8.20. The van der Waals surface area contributed by atoms with Crippen LogP contribution in [-0.2, 0) is 26.0 Å². The van der Waals surface area contributed by atoms with Crippen LogP contribution in [0, 0.1) is 0 Å². The van der Waals surface area contributed by atoms with E-state index in [0.29, 0.717) is 29.1 Å². The highest BCUT2D eigenvalue weighted by atomic mass is 32.2. The average molecular weight is 493 g/mol. The van der Waals surface area contributed by atoms with E-state index in [1.54, 1.807) is 72.8 Å². The van der Waals surface area contributed by atoms with E-state index < -0.39 is 22.1 Å². The quantitative estimate of drug-likeness (QED) is 0.519. The SMILES string of the molecule is COC(=O)[C@@H]1CN(C(=O)c2ccc3c(c2)C[C@H](C)N3S(=O)(=O)c2ccccc2)c2ccccc2O1. The average Bonchev–Trinajstić information content (AvgIpc) is 3.23. The number of hydrogen-bond acceptors (Lipinski definition) is 6. The number of anilines is 2. The number of hydrogen-bond donors (Lipinski definition) is 0. The number of para-hydroxylation sites is 2. The summed E-state index contributed by atoms with van der Waals surface area (Å²) in [5.41, 5.74) is 2.29. The predicted molar refractivity (Wildman–Crippen MR) is 130 cm³/mol. The van der Waals surface area contributed by atoms with Gasteiger partial charge in [0.2, 0.25) is 6.10 Å². The molecule has 8 nitrogen and oxygen atoms in total. The molecule has 3 aromatic rings. The molecule has 0 fully saturated rings. The van der Waals surface area contributed by atoms with Crippen LogP contribution in [0.1, 0.15) is 22.8 Å².